The van der Waals surface area contributed by atoms with Crippen molar-refractivity contribution in [3.05, 3.63) is 29.1 Å². The number of benzene rings is 1. The van der Waals surface area contributed by atoms with E-state index >= 15 is 4.39 Å². The summed E-state index contributed by atoms with van der Waals surface area (Å²) in [6, 6.07) is 3.33. The van der Waals surface area contributed by atoms with Crippen LogP contribution in [0, 0.1) is 11.7 Å². The number of hydrogen-bond donors (Lipinski definition) is 2. The van der Waals surface area contributed by atoms with Gasteiger partial charge >= 0.3 is 5.97 Å². The highest BCUT2D eigenvalue weighted by atomic mass is 19.1. The van der Waals surface area contributed by atoms with Crippen molar-refractivity contribution in [2.75, 3.05) is 20.2 Å². The number of carbonyl (C=O) groups is 1. The van der Waals surface area contributed by atoms with E-state index in [1.165, 1.54) is 14.0 Å². The predicted molar refractivity (Wildman–Crippen MR) is 86.3 cm³/mol. The Morgan fingerprint density at radius 3 is 2.75 bits per heavy atom. The number of ether oxygens (including phenoxy) is 2. The number of aliphatic hydroxyl groups is 1. The maximum atomic E-state index is 15.0. The lowest BCUT2D eigenvalue weighted by molar-refractivity contribution is -0.148. The minimum Gasteiger partial charge on any atom is -0.484 e. The second-order valence-electron chi connectivity index (χ2n) is 6.75. The Bertz CT molecular complexity index is 628. The van der Waals surface area contributed by atoms with Crippen molar-refractivity contribution >= 4 is 5.97 Å². The highest BCUT2D eigenvalue weighted by Gasteiger charge is 2.39. The molecule has 2 atom stereocenters. The van der Waals surface area contributed by atoms with E-state index in [2.05, 4.69) is 10.1 Å². The third-order valence-electron chi connectivity index (χ3n) is 5.26. The summed E-state index contributed by atoms with van der Waals surface area (Å²) in [7, 11) is 1.25. The second kappa shape index (κ2) is 6.69. The summed E-state index contributed by atoms with van der Waals surface area (Å²) in [5.41, 5.74) is 0.576. The molecule has 132 valence electrons. The molecule has 2 aliphatic heterocycles. The molecule has 0 bridgehead atoms. The molecule has 1 saturated heterocycles. The van der Waals surface area contributed by atoms with E-state index in [-0.39, 0.29) is 16.9 Å². The number of aliphatic hydroxyl groups excluding tert-OH is 1. The molecule has 0 aliphatic carbocycles. The molecule has 1 aromatic carbocycles. The summed E-state index contributed by atoms with van der Waals surface area (Å²) < 4.78 is 25.8. The van der Waals surface area contributed by atoms with Gasteiger partial charge in [-0.25, -0.2) is 4.39 Å². The zero-order valence-electron chi connectivity index (χ0n) is 14.1. The van der Waals surface area contributed by atoms with Gasteiger partial charge in [0.15, 0.2) is 11.6 Å². The van der Waals surface area contributed by atoms with Gasteiger partial charge in [0.2, 0.25) is 0 Å². The molecule has 0 aromatic heterocycles. The Kier molecular flexibility index (Phi) is 4.78. The molecule has 24 heavy (non-hydrogen) atoms. The van der Waals surface area contributed by atoms with Crippen molar-refractivity contribution in [1.82, 2.24) is 5.32 Å². The number of esters is 1. The number of hydrogen-bond acceptors (Lipinski definition) is 5. The van der Waals surface area contributed by atoms with Crippen molar-refractivity contribution in [2.24, 2.45) is 5.92 Å². The molecule has 2 aliphatic rings. The van der Waals surface area contributed by atoms with E-state index in [0.29, 0.717) is 0 Å². The third kappa shape index (κ3) is 3.00. The number of methoxy groups -OCH3 is 1. The van der Waals surface area contributed by atoms with E-state index in [4.69, 9.17) is 4.74 Å². The molecular formula is C18H24FNO4. The van der Waals surface area contributed by atoms with Gasteiger partial charge in [-0.15, -0.1) is 0 Å². The maximum absolute atomic E-state index is 15.0. The fourth-order valence-electron chi connectivity index (χ4n) is 3.60. The van der Waals surface area contributed by atoms with Gasteiger partial charge in [0.25, 0.3) is 0 Å². The first-order valence-corrected chi connectivity index (χ1v) is 8.44. The standard InChI is InChI=1S/C18H24FNO4/c1-11(17(22)23-2)15(21)13-4-3-12-5-6-18(7-9-20-10-8-18)24-16(12)14(13)19/h3-4,11,15,20-21H,5-10H2,1-2H3/t11-,15+/m0/s1. The van der Waals surface area contributed by atoms with Crippen molar-refractivity contribution in [3.63, 3.8) is 0 Å². The first kappa shape index (κ1) is 17.2. The molecule has 5 nitrogen and oxygen atoms in total. The van der Waals surface area contributed by atoms with Gasteiger partial charge < -0.3 is 19.9 Å². The van der Waals surface area contributed by atoms with Crippen LogP contribution in [0.1, 0.15) is 43.4 Å². The smallest absolute Gasteiger partial charge is 0.311 e. The number of fused-ring (bicyclic) bond motifs is 1. The van der Waals surface area contributed by atoms with Crippen LogP contribution >= 0.6 is 0 Å². The number of carbonyl (C=O) groups excluding carboxylic acids is 1. The van der Waals surface area contributed by atoms with Crippen LogP contribution in [0.25, 0.3) is 0 Å². The zero-order valence-corrected chi connectivity index (χ0v) is 14.1. The monoisotopic (exact) mass is 337 g/mol. The van der Waals surface area contributed by atoms with Gasteiger partial charge in [0.05, 0.1) is 19.1 Å². The van der Waals surface area contributed by atoms with Crippen molar-refractivity contribution in [3.8, 4) is 5.75 Å². The molecule has 2 heterocycles. The van der Waals surface area contributed by atoms with Crippen LogP contribution in [0.4, 0.5) is 4.39 Å². The van der Waals surface area contributed by atoms with Gasteiger partial charge in [-0.3, -0.25) is 4.79 Å². The third-order valence-corrected chi connectivity index (χ3v) is 5.26. The Balaban J connectivity index is 1.90. The molecule has 0 radical (unpaired) electrons. The topological polar surface area (TPSA) is 67.8 Å². The molecule has 2 N–H and O–H groups in total. The van der Waals surface area contributed by atoms with Crippen molar-refractivity contribution in [2.45, 2.75) is 44.3 Å². The van der Waals surface area contributed by atoms with Crippen LogP contribution in [-0.4, -0.2) is 36.9 Å². The van der Waals surface area contributed by atoms with Crippen LogP contribution in [0.15, 0.2) is 12.1 Å². The average molecular weight is 337 g/mol. The fraction of sp³-hybridized carbons (Fsp3) is 0.611. The van der Waals surface area contributed by atoms with Crippen LogP contribution in [0.2, 0.25) is 0 Å². The highest BCUT2D eigenvalue weighted by Crippen LogP contribution is 2.42. The summed E-state index contributed by atoms with van der Waals surface area (Å²) in [4.78, 5) is 11.6. The Morgan fingerprint density at radius 2 is 2.08 bits per heavy atom. The largest absolute Gasteiger partial charge is 0.484 e. The number of nitrogens with one attached hydrogen (secondary N) is 1. The zero-order chi connectivity index (χ0) is 17.3. The minimum absolute atomic E-state index is 0.0811. The molecule has 1 aromatic rings. The summed E-state index contributed by atoms with van der Waals surface area (Å²) in [5.74, 6) is -1.75. The minimum atomic E-state index is -1.27. The predicted octanol–water partition coefficient (Wildman–Crippen LogP) is 2.12. The van der Waals surface area contributed by atoms with Gasteiger partial charge in [-0.2, -0.15) is 0 Å². The van der Waals surface area contributed by atoms with E-state index in [0.717, 1.165) is 44.3 Å². The quantitative estimate of drug-likeness (QED) is 0.827. The number of rotatable bonds is 3. The molecule has 0 saturated carbocycles. The van der Waals surface area contributed by atoms with Gasteiger partial charge in [0, 0.05) is 5.56 Å². The fourth-order valence-corrected chi connectivity index (χ4v) is 3.60. The lowest BCUT2D eigenvalue weighted by atomic mass is 9.83. The molecule has 3 rings (SSSR count). The maximum Gasteiger partial charge on any atom is 0.311 e. The molecule has 1 spiro atoms. The molecule has 1 fully saturated rings. The Labute approximate surface area is 141 Å². The van der Waals surface area contributed by atoms with Gasteiger partial charge in [0.1, 0.15) is 5.60 Å². The average Bonchev–Trinajstić information content (AvgIpc) is 2.61. The molecule has 0 unspecified atom stereocenters. The second-order valence-corrected chi connectivity index (χ2v) is 6.75. The highest BCUT2D eigenvalue weighted by molar-refractivity contribution is 5.72. The first-order chi connectivity index (χ1) is 11.5. The van der Waals surface area contributed by atoms with Crippen molar-refractivity contribution < 1.29 is 23.8 Å². The molecular weight excluding hydrogens is 313 g/mol. The van der Waals surface area contributed by atoms with E-state index in [9.17, 15) is 9.90 Å². The van der Waals surface area contributed by atoms with Crippen LogP contribution in [0.3, 0.4) is 0 Å². The summed E-state index contributed by atoms with van der Waals surface area (Å²) in [6.07, 6.45) is 2.06. The van der Waals surface area contributed by atoms with Crippen LogP contribution in [-0.2, 0) is 16.0 Å². The number of halogens is 1. The molecule has 0 amide bonds. The van der Waals surface area contributed by atoms with Gasteiger partial charge in [-0.05, 0) is 51.3 Å². The van der Waals surface area contributed by atoms with Gasteiger partial charge in [-0.1, -0.05) is 12.1 Å². The molecule has 6 heteroatoms. The summed E-state index contributed by atoms with van der Waals surface area (Å²) >= 11 is 0. The summed E-state index contributed by atoms with van der Waals surface area (Å²) in [5, 5.41) is 13.7. The van der Waals surface area contributed by atoms with E-state index in [1.54, 1.807) is 12.1 Å². The summed E-state index contributed by atoms with van der Waals surface area (Å²) in [6.45, 7) is 3.24. The normalized spacial score (nSPS) is 21.5. The lowest BCUT2D eigenvalue weighted by Gasteiger charge is -2.42. The first-order valence-electron chi connectivity index (χ1n) is 8.44. The number of aryl methyl sites for hydroxylation is 1. The van der Waals surface area contributed by atoms with Crippen molar-refractivity contribution in [1.29, 1.82) is 0 Å². The van der Waals surface area contributed by atoms with E-state index < -0.39 is 23.8 Å². The van der Waals surface area contributed by atoms with Crippen LogP contribution in [0.5, 0.6) is 5.75 Å². The lowest BCUT2D eigenvalue weighted by Crippen LogP contribution is -2.48. The van der Waals surface area contributed by atoms with E-state index in [1.807, 2.05) is 0 Å². The SMILES string of the molecule is COC(=O)[C@@H](C)[C@@H](O)c1ccc2c(c1F)OC1(CCNCC1)CC2. The van der Waals surface area contributed by atoms with Crippen LogP contribution < -0.4 is 10.1 Å². The Morgan fingerprint density at radius 1 is 1.38 bits per heavy atom. The Hall–Kier alpha value is -1.66. The number of piperidine rings is 1.